The van der Waals surface area contributed by atoms with Crippen molar-refractivity contribution in [2.75, 3.05) is 39.6 Å². The molecule has 648 valence electrons. The highest BCUT2D eigenvalue weighted by molar-refractivity contribution is 7.47. The Morgan fingerprint density at radius 2 is 0.440 bits per heavy atom. The second kappa shape index (κ2) is 79.9. The molecule has 0 aliphatic carbocycles. The molecule has 0 bridgehead atoms. The van der Waals surface area contributed by atoms with E-state index in [4.69, 9.17) is 37.0 Å². The van der Waals surface area contributed by atoms with Gasteiger partial charge in [0.05, 0.1) is 26.4 Å². The first-order valence-corrected chi connectivity index (χ1v) is 49.5. The van der Waals surface area contributed by atoms with Crippen LogP contribution < -0.4 is 0 Å². The van der Waals surface area contributed by atoms with E-state index in [1.54, 1.807) is 0 Å². The lowest BCUT2D eigenvalue weighted by Gasteiger charge is -2.21. The minimum Gasteiger partial charge on any atom is -0.462 e. The Labute approximate surface area is 670 Å². The normalized spacial score (nSPS) is 14.6. The molecule has 17 nitrogen and oxygen atoms in total. The van der Waals surface area contributed by atoms with Gasteiger partial charge in [0.1, 0.15) is 19.3 Å². The highest BCUT2D eigenvalue weighted by Crippen LogP contribution is 2.45. The monoisotopic (exact) mass is 1590 g/mol. The molecule has 0 aliphatic rings. The summed E-state index contributed by atoms with van der Waals surface area (Å²) in [4.78, 5) is 73.4. The second-order valence-corrected chi connectivity index (χ2v) is 36.0. The fraction of sp³-hybridized carbons (Fsp3) is 0.956. The van der Waals surface area contributed by atoms with E-state index in [-0.39, 0.29) is 25.7 Å². The summed E-state index contributed by atoms with van der Waals surface area (Å²) in [6.45, 7) is 12.1. The molecule has 0 aromatic rings. The van der Waals surface area contributed by atoms with E-state index in [1.165, 1.54) is 289 Å². The van der Waals surface area contributed by atoms with E-state index in [2.05, 4.69) is 48.5 Å². The fourth-order valence-electron chi connectivity index (χ4n) is 14.0. The number of esters is 4. The molecule has 19 heteroatoms. The van der Waals surface area contributed by atoms with Gasteiger partial charge in [-0.2, -0.15) is 0 Å². The molecule has 0 aromatic heterocycles. The first-order valence-electron chi connectivity index (χ1n) is 46.5. The topological polar surface area (TPSA) is 237 Å². The smallest absolute Gasteiger partial charge is 0.462 e. The lowest BCUT2D eigenvalue weighted by molar-refractivity contribution is -0.161. The van der Waals surface area contributed by atoms with Gasteiger partial charge in [-0.3, -0.25) is 37.3 Å². The molecule has 0 fully saturated rings. The molecule has 0 amide bonds. The van der Waals surface area contributed by atoms with E-state index in [0.717, 1.165) is 108 Å². The van der Waals surface area contributed by atoms with Crippen LogP contribution in [0.15, 0.2) is 0 Å². The molecule has 0 heterocycles. The summed E-state index contributed by atoms with van der Waals surface area (Å²) in [6, 6.07) is 0. The number of hydrogen-bond donors (Lipinski definition) is 3. The molecule has 0 aliphatic heterocycles. The van der Waals surface area contributed by atoms with Crippen LogP contribution in [-0.4, -0.2) is 96.7 Å². The Kier molecular flexibility index (Phi) is 78.5. The van der Waals surface area contributed by atoms with Gasteiger partial charge in [0.2, 0.25) is 0 Å². The largest absolute Gasteiger partial charge is 0.472 e. The number of carbonyl (C=O) groups is 4. The maximum absolute atomic E-state index is 13.2. The average molecular weight is 1590 g/mol. The summed E-state index contributed by atoms with van der Waals surface area (Å²) in [5.41, 5.74) is 0. The summed E-state index contributed by atoms with van der Waals surface area (Å²) in [6.07, 6.45) is 72.1. The highest BCUT2D eigenvalue weighted by Gasteiger charge is 2.31. The zero-order chi connectivity index (χ0) is 80.0. The molecular weight excluding hydrogens is 1410 g/mol. The van der Waals surface area contributed by atoms with Crippen LogP contribution in [0.2, 0.25) is 0 Å². The van der Waals surface area contributed by atoms with Crippen molar-refractivity contribution in [1.29, 1.82) is 0 Å². The molecule has 109 heavy (non-hydrogen) atoms. The maximum atomic E-state index is 13.2. The molecule has 0 rings (SSSR count). The molecule has 0 saturated heterocycles. The number of ether oxygens (including phenoxy) is 4. The zero-order valence-corrected chi connectivity index (χ0v) is 73.8. The first kappa shape index (κ1) is 107. The van der Waals surface area contributed by atoms with Gasteiger partial charge in [0, 0.05) is 25.7 Å². The Hall–Kier alpha value is -1.94. The van der Waals surface area contributed by atoms with E-state index in [1.807, 2.05) is 0 Å². The average Bonchev–Trinajstić information content (AvgIpc) is 0.901. The lowest BCUT2D eigenvalue weighted by Crippen LogP contribution is -2.30. The predicted octanol–water partition coefficient (Wildman–Crippen LogP) is 27.6. The number of phosphoric acid groups is 2. The van der Waals surface area contributed by atoms with Crippen LogP contribution >= 0.6 is 15.6 Å². The molecule has 0 saturated carbocycles. The van der Waals surface area contributed by atoms with Gasteiger partial charge in [0.25, 0.3) is 0 Å². The molecule has 0 spiro atoms. The summed E-state index contributed by atoms with van der Waals surface area (Å²) >= 11 is 0. The molecule has 5 unspecified atom stereocenters. The summed E-state index contributed by atoms with van der Waals surface area (Å²) in [5.74, 6) is 0.373. The maximum Gasteiger partial charge on any atom is 0.472 e. The van der Waals surface area contributed by atoms with Gasteiger partial charge < -0.3 is 33.8 Å². The number of unbranched alkanes of at least 4 members (excludes halogenated alkanes) is 53. The number of carbonyl (C=O) groups excluding carboxylic acids is 4. The SMILES string of the molecule is CCCCCCCCCCCCCCCCCCCCCCCC(=O)O[C@H](COC(=O)CCCCCCCCCCCCCCCCC(C)CC)COP(=O)(O)OC[C@@H](O)COP(=O)(O)OC[C@@H](COC(=O)CCCCCCCCCCC(C)CC)OC(=O)CCCCCCCCCCCCCCCCC(C)CC. The van der Waals surface area contributed by atoms with Crippen LogP contribution in [0.1, 0.15) is 479 Å². The van der Waals surface area contributed by atoms with Crippen molar-refractivity contribution in [3.05, 3.63) is 0 Å². The Bertz CT molecular complexity index is 2100. The lowest BCUT2D eigenvalue weighted by atomic mass is 9.99. The van der Waals surface area contributed by atoms with Gasteiger partial charge in [-0.05, 0) is 43.4 Å². The number of hydrogen-bond acceptors (Lipinski definition) is 15. The summed E-state index contributed by atoms with van der Waals surface area (Å²) in [7, 11) is -9.94. The summed E-state index contributed by atoms with van der Waals surface area (Å²) < 4.78 is 69.1. The van der Waals surface area contributed by atoms with Crippen molar-refractivity contribution >= 4 is 39.5 Å². The van der Waals surface area contributed by atoms with Crippen molar-refractivity contribution in [3.63, 3.8) is 0 Å². The van der Waals surface area contributed by atoms with Crippen molar-refractivity contribution in [2.24, 2.45) is 17.8 Å². The van der Waals surface area contributed by atoms with Gasteiger partial charge in [-0.25, -0.2) is 9.13 Å². The van der Waals surface area contributed by atoms with E-state index in [9.17, 15) is 43.2 Å². The van der Waals surface area contributed by atoms with Gasteiger partial charge in [0.15, 0.2) is 12.2 Å². The number of aliphatic hydroxyl groups excluding tert-OH is 1. The van der Waals surface area contributed by atoms with Crippen molar-refractivity contribution in [2.45, 2.75) is 497 Å². The number of rotatable bonds is 88. The van der Waals surface area contributed by atoms with Crippen LogP contribution in [0.5, 0.6) is 0 Å². The minimum absolute atomic E-state index is 0.107. The quantitative estimate of drug-likeness (QED) is 0.0222. The molecule has 3 N–H and O–H groups in total. The fourth-order valence-corrected chi connectivity index (χ4v) is 15.6. The Balaban J connectivity index is 5.26. The number of phosphoric ester groups is 2. The standard InChI is InChI=1S/C90H176O17P2/c1-8-12-13-14-15-16-17-18-19-20-21-22-23-24-25-33-38-43-52-59-66-73-89(94)106-85(77-100-87(92)71-64-57-50-42-37-32-28-26-30-35-40-47-54-61-68-81(5)9-2)79-104-108(96,97)102-75-84(91)76-103-109(98,99)105-80-86(78-101-88(93)72-65-58-51-46-45-49-56-63-70-83(7)11-4)107-90(95)74-67-60-53-44-39-34-29-27-31-36-41-48-55-62-69-82(6)10-3/h81-86,91H,8-80H2,1-7H3,(H,96,97)(H,98,99)/t81?,82?,83?,84-,85-,86-/m1/s1. The van der Waals surface area contributed by atoms with Crippen LogP contribution in [-0.2, 0) is 65.4 Å². The van der Waals surface area contributed by atoms with E-state index < -0.39 is 97.5 Å². The second-order valence-electron chi connectivity index (χ2n) is 33.1. The Morgan fingerprint density at radius 1 is 0.257 bits per heavy atom. The highest BCUT2D eigenvalue weighted by atomic mass is 31.2. The first-order chi connectivity index (χ1) is 52.8. The minimum atomic E-state index is -4.97. The zero-order valence-electron chi connectivity index (χ0n) is 72.0. The third-order valence-corrected chi connectivity index (χ3v) is 24.1. The Morgan fingerprint density at radius 3 is 0.651 bits per heavy atom. The van der Waals surface area contributed by atoms with Gasteiger partial charge in [-0.15, -0.1) is 0 Å². The molecule has 0 aromatic carbocycles. The third kappa shape index (κ3) is 79.7. The number of aliphatic hydroxyl groups is 1. The van der Waals surface area contributed by atoms with Crippen LogP contribution in [0, 0.1) is 17.8 Å². The summed E-state index contributed by atoms with van der Waals surface area (Å²) in [5, 5.41) is 10.7. The van der Waals surface area contributed by atoms with Crippen molar-refractivity contribution in [3.8, 4) is 0 Å². The van der Waals surface area contributed by atoms with Crippen molar-refractivity contribution in [1.82, 2.24) is 0 Å². The van der Waals surface area contributed by atoms with Gasteiger partial charge in [-0.1, -0.05) is 427 Å². The van der Waals surface area contributed by atoms with E-state index >= 15 is 0 Å². The molecule has 8 atom stereocenters. The van der Waals surface area contributed by atoms with Crippen LogP contribution in [0.3, 0.4) is 0 Å². The van der Waals surface area contributed by atoms with E-state index in [0.29, 0.717) is 25.7 Å². The molecule has 0 radical (unpaired) electrons. The van der Waals surface area contributed by atoms with Crippen molar-refractivity contribution < 1.29 is 80.2 Å². The predicted molar refractivity (Wildman–Crippen MR) is 451 cm³/mol. The van der Waals surface area contributed by atoms with Crippen LogP contribution in [0.25, 0.3) is 0 Å². The van der Waals surface area contributed by atoms with Crippen LogP contribution in [0.4, 0.5) is 0 Å². The third-order valence-electron chi connectivity index (χ3n) is 22.2. The molecular formula is C90H176O17P2. The van der Waals surface area contributed by atoms with Gasteiger partial charge >= 0.3 is 39.5 Å².